The van der Waals surface area contributed by atoms with E-state index in [1.54, 1.807) is 6.07 Å². The van der Waals surface area contributed by atoms with Gasteiger partial charge in [0.25, 0.3) is 0 Å². The van der Waals surface area contributed by atoms with Crippen molar-refractivity contribution in [1.82, 2.24) is 0 Å². The third-order valence-corrected chi connectivity index (χ3v) is 3.52. The van der Waals surface area contributed by atoms with Crippen LogP contribution in [0.5, 0.6) is 0 Å². The van der Waals surface area contributed by atoms with Crippen molar-refractivity contribution in [1.29, 1.82) is 0 Å². The molecule has 0 saturated heterocycles. The molecule has 0 fully saturated rings. The number of rotatable bonds is 3. The summed E-state index contributed by atoms with van der Waals surface area (Å²) in [5, 5.41) is 3.96. The molecule has 94 valence electrons. The summed E-state index contributed by atoms with van der Waals surface area (Å²) in [5.74, 6) is -0.222. The Morgan fingerprint density at radius 3 is 2.67 bits per heavy atom. The van der Waals surface area contributed by atoms with E-state index in [0.717, 1.165) is 21.3 Å². The van der Waals surface area contributed by atoms with E-state index in [2.05, 4.69) is 21.2 Å². The third-order valence-electron chi connectivity index (χ3n) is 2.67. The molecule has 0 aliphatic carbocycles. The first kappa shape index (κ1) is 13.4. The monoisotopic (exact) mass is 327 g/mol. The minimum Gasteiger partial charge on any atom is -0.381 e. The van der Waals surface area contributed by atoms with Gasteiger partial charge in [0, 0.05) is 21.7 Å². The average molecular weight is 329 g/mol. The Kier molecular flexibility index (Phi) is 4.25. The lowest BCUT2D eigenvalue weighted by Crippen LogP contribution is -2.01. The van der Waals surface area contributed by atoms with Gasteiger partial charge in [0.05, 0.1) is 0 Å². The number of nitrogens with one attached hydrogen (secondary N) is 1. The molecule has 0 radical (unpaired) electrons. The van der Waals surface area contributed by atoms with E-state index in [4.69, 9.17) is 11.6 Å². The van der Waals surface area contributed by atoms with Gasteiger partial charge in [-0.3, -0.25) is 0 Å². The molecule has 0 aliphatic rings. The van der Waals surface area contributed by atoms with Crippen LogP contribution in [-0.2, 0) is 6.54 Å². The summed E-state index contributed by atoms with van der Waals surface area (Å²) in [6.45, 7) is 2.48. The lowest BCUT2D eigenvalue weighted by atomic mass is 10.1. The van der Waals surface area contributed by atoms with Crippen LogP contribution in [0.4, 0.5) is 10.1 Å². The van der Waals surface area contributed by atoms with Crippen LogP contribution in [0, 0.1) is 12.7 Å². The smallest absolute Gasteiger partial charge is 0.123 e. The summed E-state index contributed by atoms with van der Waals surface area (Å²) in [4.78, 5) is 0. The maximum atomic E-state index is 13.0. The molecule has 1 N–H and O–H groups in total. The van der Waals surface area contributed by atoms with Crippen LogP contribution in [0.1, 0.15) is 11.1 Å². The third kappa shape index (κ3) is 3.24. The van der Waals surface area contributed by atoms with Gasteiger partial charge in [-0.05, 0) is 48.4 Å². The summed E-state index contributed by atoms with van der Waals surface area (Å²) in [6.07, 6.45) is 0. The van der Waals surface area contributed by atoms with Gasteiger partial charge in [0.2, 0.25) is 0 Å². The van der Waals surface area contributed by atoms with Crippen LogP contribution in [0.3, 0.4) is 0 Å². The number of hydrogen-bond donors (Lipinski definition) is 1. The zero-order chi connectivity index (χ0) is 13.1. The highest BCUT2D eigenvalue weighted by Crippen LogP contribution is 2.23. The molecular formula is C14H12BrClFN. The van der Waals surface area contributed by atoms with Crippen molar-refractivity contribution in [3.05, 3.63) is 62.8 Å². The molecule has 0 atom stereocenters. The minimum absolute atomic E-state index is 0.222. The van der Waals surface area contributed by atoms with E-state index in [1.165, 1.54) is 12.1 Å². The van der Waals surface area contributed by atoms with Crippen molar-refractivity contribution >= 4 is 33.2 Å². The van der Waals surface area contributed by atoms with Gasteiger partial charge in [0.15, 0.2) is 0 Å². The average Bonchev–Trinajstić information content (AvgIpc) is 2.30. The first-order valence-corrected chi connectivity index (χ1v) is 6.67. The summed E-state index contributed by atoms with van der Waals surface area (Å²) in [7, 11) is 0. The fraction of sp³-hybridized carbons (Fsp3) is 0.143. The summed E-state index contributed by atoms with van der Waals surface area (Å²) >= 11 is 9.50. The minimum atomic E-state index is -0.222. The Morgan fingerprint density at radius 1 is 1.22 bits per heavy atom. The Balaban J connectivity index is 2.11. The number of benzene rings is 2. The Bertz CT molecular complexity index is 520. The molecule has 2 aromatic rings. The molecule has 0 amide bonds. The number of halogens is 3. The van der Waals surface area contributed by atoms with Gasteiger partial charge in [-0.1, -0.05) is 33.6 Å². The van der Waals surface area contributed by atoms with E-state index in [1.807, 2.05) is 25.1 Å². The molecule has 18 heavy (non-hydrogen) atoms. The van der Waals surface area contributed by atoms with E-state index in [9.17, 15) is 4.39 Å². The van der Waals surface area contributed by atoms with Crippen molar-refractivity contribution < 1.29 is 4.39 Å². The maximum Gasteiger partial charge on any atom is 0.123 e. The second-order valence-corrected chi connectivity index (χ2v) is 5.37. The Labute approximate surface area is 119 Å². The van der Waals surface area contributed by atoms with Crippen molar-refractivity contribution in [3.8, 4) is 0 Å². The lowest BCUT2D eigenvalue weighted by molar-refractivity contribution is 0.627. The molecule has 0 unspecified atom stereocenters. The Morgan fingerprint density at radius 2 is 2.00 bits per heavy atom. The molecule has 2 rings (SSSR count). The molecule has 0 aromatic heterocycles. The van der Waals surface area contributed by atoms with E-state index in [0.29, 0.717) is 11.6 Å². The van der Waals surface area contributed by atoms with E-state index in [-0.39, 0.29) is 5.82 Å². The molecule has 4 heteroatoms. The van der Waals surface area contributed by atoms with Crippen molar-refractivity contribution in [2.45, 2.75) is 13.5 Å². The van der Waals surface area contributed by atoms with Crippen LogP contribution in [0.2, 0.25) is 5.02 Å². The first-order valence-electron chi connectivity index (χ1n) is 5.50. The molecule has 0 heterocycles. The Hall–Kier alpha value is -1.06. The number of hydrogen-bond acceptors (Lipinski definition) is 1. The largest absolute Gasteiger partial charge is 0.381 e. The van der Waals surface area contributed by atoms with Crippen molar-refractivity contribution in [2.75, 3.05) is 5.32 Å². The summed E-state index contributed by atoms with van der Waals surface area (Å²) in [5.41, 5.74) is 2.79. The van der Waals surface area contributed by atoms with Crippen LogP contribution < -0.4 is 5.32 Å². The first-order chi connectivity index (χ1) is 8.56. The highest BCUT2D eigenvalue weighted by molar-refractivity contribution is 9.10. The van der Waals surface area contributed by atoms with Gasteiger partial charge in [0.1, 0.15) is 5.82 Å². The molecule has 0 bridgehead atoms. The fourth-order valence-corrected chi connectivity index (χ4v) is 2.42. The topological polar surface area (TPSA) is 12.0 Å². The lowest BCUT2D eigenvalue weighted by Gasteiger charge is -2.11. The van der Waals surface area contributed by atoms with Gasteiger partial charge in [-0.25, -0.2) is 4.39 Å². The highest BCUT2D eigenvalue weighted by Gasteiger charge is 2.03. The number of aryl methyl sites for hydroxylation is 1. The predicted octanol–water partition coefficient (Wildman–Crippen LogP) is 5.16. The SMILES string of the molecule is Cc1cc(F)ccc1NCc1ccc(Br)cc1Cl. The molecule has 0 aliphatic heterocycles. The zero-order valence-electron chi connectivity index (χ0n) is 9.81. The molecule has 0 spiro atoms. The fourth-order valence-electron chi connectivity index (χ4n) is 1.68. The zero-order valence-corrected chi connectivity index (χ0v) is 12.1. The molecule has 0 saturated carbocycles. The van der Waals surface area contributed by atoms with Crippen LogP contribution in [-0.4, -0.2) is 0 Å². The van der Waals surface area contributed by atoms with Crippen LogP contribution in [0.15, 0.2) is 40.9 Å². The molecule has 2 aromatic carbocycles. The second-order valence-electron chi connectivity index (χ2n) is 4.05. The highest BCUT2D eigenvalue weighted by atomic mass is 79.9. The standard InChI is InChI=1S/C14H12BrClFN/c1-9-6-12(17)4-5-14(9)18-8-10-2-3-11(15)7-13(10)16/h2-7,18H,8H2,1H3. The molecule has 1 nitrogen and oxygen atoms in total. The summed E-state index contributed by atoms with van der Waals surface area (Å²) < 4.78 is 13.9. The number of anilines is 1. The van der Waals surface area contributed by atoms with Crippen LogP contribution >= 0.6 is 27.5 Å². The van der Waals surface area contributed by atoms with Crippen LogP contribution in [0.25, 0.3) is 0 Å². The van der Waals surface area contributed by atoms with Gasteiger partial charge in [-0.15, -0.1) is 0 Å². The van der Waals surface area contributed by atoms with Gasteiger partial charge in [-0.2, -0.15) is 0 Å². The summed E-state index contributed by atoms with van der Waals surface area (Å²) in [6, 6.07) is 10.4. The molecular weight excluding hydrogens is 317 g/mol. The van der Waals surface area contributed by atoms with Crippen molar-refractivity contribution in [3.63, 3.8) is 0 Å². The van der Waals surface area contributed by atoms with Crippen molar-refractivity contribution in [2.24, 2.45) is 0 Å². The van der Waals surface area contributed by atoms with E-state index < -0.39 is 0 Å². The quantitative estimate of drug-likeness (QED) is 0.820. The second kappa shape index (κ2) is 5.72. The predicted molar refractivity (Wildman–Crippen MR) is 77.6 cm³/mol. The maximum absolute atomic E-state index is 13.0. The van der Waals surface area contributed by atoms with Gasteiger partial charge < -0.3 is 5.32 Å². The van der Waals surface area contributed by atoms with E-state index >= 15 is 0 Å². The normalized spacial score (nSPS) is 10.4. The van der Waals surface area contributed by atoms with Gasteiger partial charge >= 0.3 is 0 Å².